The van der Waals surface area contributed by atoms with Crippen LogP contribution in [-0.2, 0) is 21.2 Å². The summed E-state index contributed by atoms with van der Waals surface area (Å²) in [5.74, 6) is -2.46. The third kappa shape index (κ3) is 4.97. The van der Waals surface area contributed by atoms with Gasteiger partial charge in [-0.25, -0.2) is 0 Å². The van der Waals surface area contributed by atoms with Gasteiger partial charge in [0.25, 0.3) is 0 Å². The summed E-state index contributed by atoms with van der Waals surface area (Å²) in [6.45, 7) is 0.723. The molecule has 2 aromatic carbocycles. The first-order chi connectivity index (χ1) is 16.9. The summed E-state index contributed by atoms with van der Waals surface area (Å²) >= 11 is 6.53. The number of carboxylic acids is 1. The van der Waals surface area contributed by atoms with Crippen molar-refractivity contribution in [2.24, 2.45) is 5.73 Å². The quantitative estimate of drug-likeness (QED) is 0.542. The largest absolute Gasteiger partial charge is 0.481 e. The maximum absolute atomic E-state index is 13.5. The lowest BCUT2D eigenvalue weighted by Crippen LogP contribution is -2.44. The highest BCUT2D eigenvalue weighted by Crippen LogP contribution is 2.55. The van der Waals surface area contributed by atoms with Gasteiger partial charge in [-0.2, -0.15) is 13.2 Å². The summed E-state index contributed by atoms with van der Waals surface area (Å²) in [5.41, 5.74) is 5.06. The van der Waals surface area contributed by atoms with E-state index in [0.717, 1.165) is 29.3 Å². The maximum atomic E-state index is 13.5. The predicted octanol–water partition coefficient (Wildman–Crippen LogP) is 4.99. The van der Waals surface area contributed by atoms with Crippen LogP contribution in [0.25, 0.3) is 6.08 Å². The molecule has 1 heterocycles. The molecule has 1 atom stereocenters. The van der Waals surface area contributed by atoms with Crippen LogP contribution in [0, 0.1) is 0 Å². The van der Waals surface area contributed by atoms with Gasteiger partial charge in [0.05, 0.1) is 12.0 Å². The third-order valence-electron chi connectivity index (χ3n) is 7.16. The van der Waals surface area contributed by atoms with Crippen LogP contribution >= 0.6 is 11.6 Å². The van der Waals surface area contributed by atoms with Gasteiger partial charge >= 0.3 is 12.1 Å². The van der Waals surface area contributed by atoms with Crippen molar-refractivity contribution in [3.63, 3.8) is 0 Å². The van der Waals surface area contributed by atoms with Gasteiger partial charge < -0.3 is 15.7 Å². The average molecular weight is 521 g/mol. The second-order valence-electron chi connectivity index (χ2n) is 9.31. The number of aliphatic carboxylic acids is 1. The number of nitrogens with zero attached hydrogens (tertiary/aromatic N) is 1. The summed E-state index contributed by atoms with van der Waals surface area (Å²) < 4.78 is 40.4. The Kier molecular flexibility index (Phi) is 6.88. The molecule has 2 amide bonds. The first kappa shape index (κ1) is 25.8. The van der Waals surface area contributed by atoms with Crippen molar-refractivity contribution >= 4 is 35.5 Å². The van der Waals surface area contributed by atoms with E-state index in [-0.39, 0.29) is 28.9 Å². The van der Waals surface area contributed by atoms with Crippen molar-refractivity contribution < 1.29 is 32.7 Å². The molecule has 0 bridgehead atoms. The Bertz CT molecular complexity index is 1250. The van der Waals surface area contributed by atoms with Crippen LogP contribution in [-0.4, -0.2) is 40.9 Å². The van der Waals surface area contributed by atoms with Gasteiger partial charge in [0, 0.05) is 35.2 Å². The number of carboxylic acid groups (broad SMARTS) is 1. The van der Waals surface area contributed by atoms with E-state index in [1.165, 1.54) is 6.07 Å². The van der Waals surface area contributed by atoms with Gasteiger partial charge in [-0.3, -0.25) is 14.4 Å². The van der Waals surface area contributed by atoms with Crippen LogP contribution in [0.1, 0.15) is 64.2 Å². The van der Waals surface area contributed by atoms with Crippen molar-refractivity contribution in [1.29, 1.82) is 0 Å². The molecule has 0 radical (unpaired) electrons. The van der Waals surface area contributed by atoms with Crippen LogP contribution in [0.3, 0.4) is 0 Å². The monoisotopic (exact) mass is 520 g/mol. The van der Waals surface area contributed by atoms with Gasteiger partial charge in [0.1, 0.15) is 0 Å². The number of amides is 2. The fourth-order valence-electron chi connectivity index (χ4n) is 5.49. The molecular formula is C26H24ClF3N2O4. The summed E-state index contributed by atoms with van der Waals surface area (Å²) in [6, 6.07) is 8.47. The van der Waals surface area contributed by atoms with Crippen LogP contribution in [0.5, 0.6) is 0 Å². The topological polar surface area (TPSA) is 101 Å². The normalized spacial score (nSPS) is 19.0. The van der Waals surface area contributed by atoms with Crippen LogP contribution in [0.15, 0.2) is 42.5 Å². The van der Waals surface area contributed by atoms with Gasteiger partial charge in [-0.15, -0.1) is 0 Å². The van der Waals surface area contributed by atoms with E-state index in [2.05, 4.69) is 0 Å². The molecule has 1 saturated heterocycles. The molecule has 3 N–H and O–H groups in total. The number of piperidine rings is 1. The molecule has 36 heavy (non-hydrogen) atoms. The van der Waals surface area contributed by atoms with E-state index < -0.39 is 29.5 Å². The lowest BCUT2D eigenvalue weighted by molar-refractivity contribution is -0.138. The fraction of sp³-hybridized carbons (Fsp3) is 0.346. The molecule has 1 unspecified atom stereocenters. The minimum atomic E-state index is -4.73. The molecule has 6 nitrogen and oxygen atoms in total. The third-order valence-corrected chi connectivity index (χ3v) is 7.47. The standard InChI is InChI=1S/C26H24ClF3N2O4/c27-20-3-1-2-18-17(13-22(34)35)14-25(23(18)20)8-10-32(11-9-25)21(33)7-6-15-4-5-16(24(31)36)12-19(15)26(28,29)30/h1-7,12,17H,8-11,13-14H2,(H2,31,36)(H,34,35)/b7-6+. The number of hydrogen-bond acceptors (Lipinski definition) is 3. The van der Waals surface area contributed by atoms with Crippen molar-refractivity contribution in [3.8, 4) is 0 Å². The van der Waals surface area contributed by atoms with E-state index >= 15 is 0 Å². The number of likely N-dealkylation sites (tertiary alicyclic amines) is 1. The number of nitrogens with two attached hydrogens (primary N) is 1. The van der Waals surface area contributed by atoms with Gasteiger partial charge in [0.15, 0.2) is 0 Å². The number of primary amides is 1. The number of alkyl halides is 3. The van der Waals surface area contributed by atoms with Crippen molar-refractivity contribution in [2.75, 3.05) is 13.1 Å². The Morgan fingerprint density at radius 2 is 1.86 bits per heavy atom. The molecule has 1 spiro atoms. The van der Waals surface area contributed by atoms with Crippen molar-refractivity contribution in [3.05, 3.63) is 75.3 Å². The average Bonchev–Trinajstić information content (AvgIpc) is 3.10. The molecule has 1 fully saturated rings. The molecular weight excluding hydrogens is 497 g/mol. The summed E-state index contributed by atoms with van der Waals surface area (Å²) in [4.78, 5) is 37.1. The maximum Gasteiger partial charge on any atom is 0.417 e. The number of fused-ring (bicyclic) bond motifs is 2. The number of benzene rings is 2. The van der Waals surface area contributed by atoms with Crippen LogP contribution in [0.4, 0.5) is 13.2 Å². The molecule has 1 aliphatic heterocycles. The molecule has 2 aliphatic rings. The second-order valence-corrected chi connectivity index (χ2v) is 9.71. The van der Waals surface area contributed by atoms with E-state index in [1.54, 1.807) is 11.0 Å². The molecule has 2 aromatic rings. The lowest BCUT2D eigenvalue weighted by atomic mass is 9.73. The first-order valence-electron chi connectivity index (χ1n) is 11.4. The highest BCUT2D eigenvalue weighted by atomic mass is 35.5. The van der Waals surface area contributed by atoms with Gasteiger partial charge in [0.2, 0.25) is 11.8 Å². The molecule has 4 rings (SSSR count). The van der Waals surface area contributed by atoms with Crippen molar-refractivity contribution in [2.45, 2.75) is 43.2 Å². The van der Waals surface area contributed by atoms with E-state index in [9.17, 15) is 32.7 Å². The number of hydrogen-bond donors (Lipinski definition) is 2. The Morgan fingerprint density at radius 3 is 2.47 bits per heavy atom. The Labute approximate surface area is 210 Å². The van der Waals surface area contributed by atoms with Crippen molar-refractivity contribution in [1.82, 2.24) is 4.90 Å². The molecule has 10 heteroatoms. The smallest absolute Gasteiger partial charge is 0.417 e. The second kappa shape index (κ2) is 9.61. The van der Waals surface area contributed by atoms with E-state index in [4.69, 9.17) is 17.3 Å². The summed E-state index contributed by atoms with van der Waals surface area (Å²) in [5, 5.41) is 9.93. The van der Waals surface area contributed by atoms with Gasteiger partial charge in [-0.05, 0) is 66.1 Å². The fourth-order valence-corrected chi connectivity index (χ4v) is 5.88. The number of halogens is 4. The predicted molar refractivity (Wildman–Crippen MR) is 128 cm³/mol. The Morgan fingerprint density at radius 1 is 1.17 bits per heavy atom. The number of rotatable bonds is 5. The van der Waals surface area contributed by atoms with E-state index in [1.807, 2.05) is 12.1 Å². The van der Waals surface area contributed by atoms with Crippen LogP contribution in [0.2, 0.25) is 5.02 Å². The molecule has 1 aliphatic carbocycles. The Hall–Kier alpha value is -3.33. The summed E-state index contributed by atoms with van der Waals surface area (Å²) in [7, 11) is 0. The minimum Gasteiger partial charge on any atom is -0.481 e. The van der Waals surface area contributed by atoms with Crippen LogP contribution < -0.4 is 5.73 Å². The zero-order valence-electron chi connectivity index (χ0n) is 19.1. The van der Waals surface area contributed by atoms with Gasteiger partial charge in [-0.1, -0.05) is 29.8 Å². The zero-order chi connectivity index (χ0) is 26.3. The SMILES string of the molecule is NC(=O)c1ccc(/C=C/C(=O)N2CCC3(CC2)CC(CC(=O)O)c2cccc(Cl)c23)c(C(F)(F)F)c1. The summed E-state index contributed by atoms with van der Waals surface area (Å²) in [6.07, 6.45) is -0.789. The van der Waals surface area contributed by atoms with E-state index in [0.29, 0.717) is 43.4 Å². The molecule has 190 valence electrons. The number of carbonyl (C=O) groups excluding carboxylic acids is 2. The lowest BCUT2D eigenvalue weighted by Gasteiger charge is -2.40. The number of carbonyl (C=O) groups is 3. The molecule has 0 aromatic heterocycles. The first-order valence-corrected chi connectivity index (χ1v) is 11.8. The highest BCUT2D eigenvalue weighted by molar-refractivity contribution is 6.31. The zero-order valence-corrected chi connectivity index (χ0v) is 19.9. The minimum absolute atomic E-state index is 0.00342. The molecule has 0 saturated carbocycles. The highest BCUT2D eigenvalue weighted by Gasteiger charge is 2.47. The Balaban J connectivity index is 1.51.